The molecule has 2 N–H and O–H groups in total. The van der Waals surface area contributed by atoms with Gasteiger partial charge >= 0.3 is 12.1 Å². The summed E-state index contributed by atoms with van der Waals surface area (Å²) in [7, 11) is 0. The van der Waals surface area contributed by atoms with E-state index in [1.165, 1.54) is 4.90 Å². The number of carbonyl (C=O) groups is 3. The van der Waals surface area contributed by atoms with Crippen molar-refractivity contribution in [1.82, 2.24) is 10.2 Å². The molecule has 0 saturated heterocycles. The molecule has 0 spiro atoms. The van der Waals surface area contributed by atoms with Crippen LogP contribution >= 0.6 is 0 Å². The van der Waals surface area contributed by atoms with Gasteiger partial charge in [-0.2, -0.15) is 0 Å². The van der Waals surface area contributed by atoms with E-state index in [1.807, 2.05) is 43.3 Å². The molecule has 0 atom stereocenters. The van der Waals surface area contributed by atoms with Gasteiger partial charge in [0.2, 0.25) is 5.91 Å². The Balaban J connectivity index is 1.42. The van der Waals surface area contributed by atoms with Crippen molar-refractivity contribution in [1.29, 1.82) is 0 Å². The van der Waals surface area contributed by atoms with Gasteiger partial charge in [0, 0.05) is 12.5 Å². The fraction of sp³-hybridized carbons (Fsp3) is 0.375. The number of nitrogens with one attached hydrogen (secondary N) is 1. The number of rotatable bonds is 8. The zero-order valence-corrected chi connectivity index (χ0v) is 17.5. The average Bonchev–Trinajstić information content (AvgIpc) is 3.46. The molecule has 0 bridgehead atoms. The molecule has 0 unspecified atom stereocenters. The third kappa shape index (κ3) is 4.13. The number of hydrogen-bond acceptors (Lipinski definition) is 4. The number of aliphatic carboxylic acids is 1. The molecule has 0 radical (unpaired) electrons. The first-order chi connectivity index (χ1) is 14.9. The van der Waals surface area contributed by atoms with E-state index in [0.29, 0.717) is 25.8 Å². The van der Waals surface area contributed by atoms with Crippen molar-refractivity contribution in [2.75, 3.05) is 19.7 Å². The van der Waals surface area contributed by atoms with Gasteiger partial charge in [0.1, 0.15) is 18.7 Å². The number of nitrogens with zero attached hydrogens (tertiary/aromatic N) is 1. The van der Waals surface area contributed by atoms with Crippen LogP contribution in [0.25, 0.3) is 11.1 Å². The number of benzene rings is 2. The SMILES string of the molecule is CCCN(CC(=O)O)C(=O)C1(NC(=O)OCC2c3ccccc3-c3ccccc32)CC1. The van der Waals surface area contributed by atoms with Crippen LogP contribution in [0.2, 0.25) is 0 Å². The van der Waals surface area contributed by atoms with Gasteiger partial charge in [0.05, 0.1) is 0 Å². The summed E-state index contributed by atoms with van der Waals surface area (Å²) in [6.07, 6.45) is 0.950. The molecule has 0 heterocycles. The van der Waals surface area contributed by atoms with E-state index in [4.69, 9.17) is 9.84 Å². The van der Waals surface area contributed by atoms with Gasteiger partial charge in [-0.3, -0.25) is 9.59 Å². The topological polar surface area (TPSA) is 95.9 Å². The number of carboxylic acids is 1. The predicted octanol–water partition coefficient (Wildman–Crippen LogP) is 3.38. The Bertz CT molecular complexity index is 969. The van der Waals surface area contributed by atoms with Crippen LogP contribution in [0.1, 0.15) is 43.2 Å². The van der Waals surface area contributed by atoms with E-state index in [1.54, 1.807) is 0 Å². The zero-order valence-electron chi connectivity index (χ0n) is 17.5. The minimum atomic E-state index is -1.07. The van der Waals surface area contributed by atoms with E-state index in [9.17, 15) is 14.4 Å². The number of fused-ring (bicyclic) bond motifs is 3. The molecule has 4 rings (SSSR count). The Morgan fingerprint density at radius 1 is 1.06 bits per heavy atom. The maximum atomic E-state index is 12.9. The summed E-state index contributed by atoms with van der Waals surface area (Å²) in [5, 5.41) is 11.8. The second kappa shape index (κ2) is 8.41. The predicted molar refractivity (Wildman–Crippen MR) is 115 cm³/mol. The molecule has 7 nitrogen and oxygen atoms in total. The molecule has 1 saturated carbocycles. The molecule has 2 aromatic rings. The highest BCUT2D eigenvalue weighted by Gasteiger charge is 2.53. The summed E-state index contributed by atoms with van der Waals surface area (Å²) in [5.41, 5.74) is 3.47. The lowest BCUT2D eigenvalue weighted by Gasteiger charge is -2.26. The summed E-state index contributed by atoms with van der Waals surface area (Å²) >= 11 is 0. The Labute approximate surface area is 181 Å². The molecule has 162 valence electrons. The molecule has 2 aliphatic rings. The molecule has 0 aliphatic heterocycles. The Morgan fingerprint density at radius 2 is 1.65 bits per heavy atom. The molecule has 1 fully saturated rings. The molecule has 2 aromatic carbocycles. The van der Waals surface area contributed by atoms with Gasteiger partial charge in [0.25, 0.3) is 0 Å². The van der Waals surface area contributed by atoms with Crippen LogP contribution < -0.4 is 5.32 Å². The minimum Gasteiger partial charge on any atom is -0.480 e. The van der Waals surface area contributed by atoms with Crippen LogP contribution in [0.15, 0.2) is 48.5 Å². The summed E-state index contributed by atoms with van der Waals surface area (Å²) in [4.78, 5) is 37.8. The van der Waals surface area contributed by atoms with Crippen LogP contribution in [0.5, 0.6) is 0 Å². The lowest BCUT2D eigenvalue weighted by molar-refractivity contribution is -0.145. The zero-order chi connectivity index (χ0) is 22.0. The quantitative estimate of drug-likeness (QED) is 0.680. The first kappa shape index (κ1) is 20.9. The molecular weight excluding hydrogens is 396 g/mol. The molecule has 2 amide bonds. The Hall–Kier alpha value is -3.35. The number of hydrogen-bond donors (Lipinski definition) is 2. The fourth-order valence-corrected chi connectivity index (χ4v) is 4.34. The van der Waals surface area contributed by atoms with Crippen molar-refractivity contribution in [2.45, 2.75) is 37.6 Å². The van der Waals surface area contributed by atoms with Crippen molar-refractivity contribution < 1.29 is 24.2 Å². The summed E-state index contributed by atoms with van der Waals surface area (Å²) < 4.78 is 5.55. The third-order valence-electron chi connectivity index (χ3n) is 5.95. The summed E-state index contributed by atoms with van der Waals surface area (Å²) in [6, 6.07) is 16.2. The number of ether oxygens (including phenoxy) is 1. The highest BCUT2D eigenvalue weighted by Crippen LogP contribution is 2.44. The highest BCUT2D eigenvalue weighted by molar-refractivity contribution is 5.94. The highest BCUT2D eigenvalue weighted by atomic mass is 16.5. The lowest BCUT2D eigenvalue weighted by Crippen LogP contribution is -2.52. The second-order valence-electron chi connectivity index (χ2n) is 8.15. The van der Waals surface area contributed by atoms with Crippen LogP contribution in [0.4, 0.5) is 4.79 Å². The van der Waals surface area contributed by atoms with E-state index in [2.05, 4.69) is 17.4 Å². The standard InChI is InChI=1S/C24H26N2O5/c1-2-13-26(14-21(27)28)22(29)24(11-12-24)25-23(30)31-15-20-18-9-5-3-7-16(18)17-8-4-6-10-19(17)20/h3-10,20H,2,11-15H2,1H3,(H,25,30)(H,27,28). The van der Waals surface area contributed by atoms with Crippen LogP contribution in [-0.4, -0.2) is 53.2 Å². The Kier molecular flexibility index (Phi) is 5.67. The molecule has 7 heteroatoms. The number of carbonyl (C=O) groups excluding carboxylic acids is 2. The normalized spacial score (nSPS) is 15.5. The smallest absolute Gasteiger partial charge is 0.408 e. The Morgan fingerprint density at radius 3 is 2.16 bits per heavy atom. The van der Waals surface area contributed by atoms with Gasteiger partial charge in [-0.1, -0.05) is 55.5 Å². The van der Waals surface area contributed by atoms with Crippen LogP contribution in [-0.2, 0) is 14.3 Å². The monoisotopic (exact) mass is 422 g/mol. The average molecular weight is 422 g/mol. The first-order valence-electron chi connectivity index (χ1n) is 10.6. The van der Waals surface area contributed by atoms with Crippen molar-refractivity contribution in [2.24, 2.45) is 0 Å². The van der Waals surface area contributed by atoms with Crippen molar-refractivity contribution >= 4 is 18.0 Å². The van der Waals surface area contributed by atoms with Crippen LogP contribution in [0, 0.1) is 0 Å². The van der Waals surface area contributed by atoms with E-state index >= 15 is 0 Å². The lowest BCUT2D eigenvalue weighted by atomic mass is 9.98. The van der Waals surface area contributed by atoms with Gasteiger partial charge in [0.15, 0.2) is 0 Å². The molecule has 0 aromatic heterocycles. The van der Waals surface area contributed by atoms with Crippen molar-refractivity contribution in [3.05, 3.63) is 59.7 Å². The maximum absolute atomic E-state index is 12.9. The van der Waals surface area contributed by atoms with Gasteiger partial charge in [-0.25, -0.2) is 4.79 Å². The second-order valence-corrected chi connectivity index (χ2v) is 8.15. The number of amides is 2. The number of carboxylic acid groups (broad SMARTS) is 1. The van der Waals surface area contributed by atoms with Crippen LogP contribution in [0.3, 0.4) is 0 Å². The van der Waals surface area contributed by atoms with Gasteiger partial charge in [-0.05, 0) is 41.5 Å². The van der Waals surface area contributed by atoms with Crippen molar-refractivity contribution in [3.8, 4) is 11.1 Å². The molecule has 2 aliphatic carbocycles. The van der Waals surface area contributed by atoms with Gasteiger partial charge < -0.3 is 20.1 Å². The third-order valence-corrected chi connectivity index (χ3v) is 5.95. The maximum Gasteiger partial charge on any atom is 0.408 e. The first-order valence-corrected chi connectivity index (χ1v) is 10.6. The van der Waals surface area contributed by atoms with Crippen molar-refractivity contribution in [3.63, 3.8) is 0 Å². The van der Waals surface area contributed by atoms with E-state index < -0.39 is 17.6 Å². The van der Waals surface area contributed by atoms with E-state index in [0.717, 1.165) is 22.3 Å². The fourth-order valence-electron chi connectivity index (χ4n) is 4.34. The van der Waals surface area contributed by atoms with E-state index in [-0.39, 0.29) is 25.0 Å². The minimum absolute atomic E-state index is 0.0624. The summed E-state index contributed by atoms with van der Waals surface area (Å²) in [6.45, 7) is 2.00. The molecule has 31 heavy (non-hydrogen) atoms. The molecular formula is C24H26N2O5. The number of alkyl carbamates (subject to hydrolysis) is 1. The summed E-state index contributed by atoms with van der Waals surface area (Å²) in [5.74, 6) is -1.49. The largest absolute Gasteiger partial charge is 0.480 e. The van der Waals surface area contributed by atoms with Gasteiger partial charge in [-0.15, -0.1) is 0 Å².